The zero-order valence-corrected chi connectivity index (χ0v) is 68.9. The molecule has 0 aromatic rings. The Kier molecular flexibility index (Phi) is 71.8. The molecule has 7 atom stereocenters. The van der Waals surface area contributed by atoms with Crippen molar-refractivity contribution in [2.24, 2.45) is 17.8 Å². The molecular formula is C83H162O17P2. The molecule has 0 heterocycles. The first-order chi connectivity index (χ1) is 49.3. The Morgan fingerprint density at radius 3 is 0.745 bits per heavy atom. The molecule has 0 aliphatic carbocycles. The lowest BCUT2D eigenvalue weighted by Crippen LogP contribution is -2.30. The molecule has 0 aliphatic rings. The Bertz CT molecular complexity index is 1980. The number of esters is 4. The van der Waals surface area contributed by atoms with E-state index < -0.39 is 97.5 Å². The van der Waals surface area contributed by atoms with Crippen LogP contribution in [0.4, 0.5) is 0 Å². The van der Waals surface area contributed by atoms with Crippen molar-refractivity contribution in [3.8, 4) is 0 Å². The topological polar surface area (TPSA) is 237 Å². The number of carbonyl (C=O) groups excluding carboxylic acids is 4. The van der Waals surface area contributed by atoms with E-state index in [-0.39, 0.29) is 25.7 Å². The molecule has 19 heteroatoms. The zero-order valence-electron chi connectivity index (χ0n) is 67.1. The Morgan fingerprint density at radius 2 is 0.500 bits per heavy atom. The van der Waals surface area contributed by atoms with Gasteiger partial charge in [-0.05, 0) is 43.4 Å². The third-order valence-corrected chi connectivity index (χ3v) is 22.0. The minimum atomic E-state index is -4.96. The molecule has 0 rings (SSSR count). The van der Waals surface area contributed by atoms with Gasteiger partial charge in [-0.1, -0.05) is 382 Å². The van der Waals surface area contributed by atoms with E-state index in [0.717, 1.165) is 114 Å². The van der Waals surface area contributed by atoms with E-state index in [1.807, 2.05) is 0 Å². The fourth-order valence-corrected chi connectivity index (χ4v) is 14.4. The van der Waals surface area contributed by atoms with Crippen LogP contribution in [-0.2, 0) is 65.4 Å². The quantitative estimate of drug-likeness (QED) is 0.0222. The monoisotopic (exact) mass is 1490 g/mol. The minimum absolute atomic E-state index is 0.107. The van der Waals surface area contributed by atoms with E-state index >= 15 is 0 Å². The van der Waals surface area contributed by atoms with Gasteiger partial charge in [0, 0.05) is 25.7 Å². The lowest BCUT2D eigenvalue weighted by molar-refractivity contribution is -0.161. The molecule has 0 fully saturated rings. The average molecular weight is 1490 g/mol. The van der Waals surface area contributed by atoms with Gasteiger partial charge in [0.05, 0.1) is 26.4 Å². The third kappa shape index (κ3) is 73.6. The molecule has 17 nitrogen and oxygen atoms in total. The molecule has 0 aromatic carbocycles. The summed E-state index contributed by atoms with van der Waals surface area (Å²) < 4.78 is 68.5. The van der Waals surface area contributed by atoms with Gasteiger partial charge in [0.15, 0.2) is 12.2 Å². The highest BCUT2D eigenvalue weighted by molar-refractivity contribution is 7.47. The second kappa shape index (κ2) is 73.2. The number of aliphatic hydroxyl groups excluding tert-OH is 1. The number of phosphoric acid groups is 2. The molecule has 0 amide bonds. The first kappa shape index (κ1) is 100. The molecule has 606 valence electrons. The van der Waals surface area contributed by atoms with Gasteiger partial charge in [-0.25, -0.2) is 9.13 Å². The predicted octanol–water partition coefficient (Wildman–Crippen LogP) is 24.9. The maximum atomic E-state index is 13.1. The van der Waals surface area contributed by atoms with E-state index in [1.54, 1.807) is 0 Å². The van der Waals surface area contributed by atoms with E-state index in [2.05, 4.69) is 48.5 Å². The fourth-order valence-electron chi connectivity index (χ4n) is 12.8. The van der Waals surface area contributed by atoms with Crippen LogP contribution in [0, 0.1) is 17.8 Å². The van der Waals surface area contributed by atoms with Gasteiger partial charge in [0.25, 0.3) is 0 Å². The molecule has 0 aromatic heterocycles. The smallest absolute Gasteiger partial charge is 0.462 e. The second-order valence-electron chi connectivity index (χ2n) is 30.8. The number of hydrogen-bond acceptors (Lipinski definition) is 15. The van der Waals surface area contributed by atoms with E-state index in [1.165, 1.54) is 238 Å². The average Bonchev–Trinajstić information content (AvgIpc) is 0.937. The van der Waals surface area contributed by atoms with Gasteiger partial charge in [0.1, 0.15) is 19.3 Å². The first-order valence-electron chi connectivity index (χ1n) is 42.9. The third-order valence-electron chi connectivity index (χ3n) is 20.1. The lowest BCUT2D eigenvalue weighted by Gasteiger charge is -2.21. The van der Waals surface area contributed by atoms with E-state index in [4.69, 9.17) is 37.0 Å². The summed E-state index contributed by atoms with van der Waals surface area (Å²) in [5.74, 6) is 0.397. The summed E-state index contributed by atoms with van der Waals surface area (Å²) in [6.45, 7) is 12.0. The number of hydrogen-bond donors (Lipinski definition) is 3. The van der Waals surface area contributed by atoms with Gasteiger partial charge in [-0.15, -0.1) is 0 Å². The number of rotatable bonds is 81. The Morgan fingerprint density at radius 1 is 0.284 bits per heavy atom. The molecule has 0 bridgehead atoms. The molecule has 0 saturated heterocycles. The molecular weight excluding hydrogens is 1330 g/mol. The Labute approximate surface area is 626 Å². The van der Waals surface area contributed by atoms with Crippen molar-refractivity contribution in [3.05, 3.63) is 0 Å². The van der Waals surface area contributed by atoms with Gasteiger partial charge >= 0.3 is 39.5 Å². The molecule has 0 radical (unpaired) electrons. The van der Waals surface area contributed by atoms with Crippen molar-refractivity contribution in [1.29, 1.82) is 0 Å². The maximum Gasteiger partial charge on any atom is 0.472 e. The van der Waals surface area contributed by atoms with Crippen LogP contribution in [-0.4, -0.2) is 96.7 Å². The van der Waals surface area contributed by atoms with Crippen LogP contribution >= 0.6 is 15.6 Å². The summed E-state index contributed by atoms with van der Waals surface area (Å²) in [6.07, 6.45) is 62.8. The van der Waals surface area contributed by atoms with Crippen molar-refractivity contribution < 1.29 is 80.2 Å². The van der Waals surface area contributed by atoms with Crippen molar-refractivity contribution >= 4 is 39.5 Å². The van der Waals surface area contributed by atoms with Crippen molar-refractivity contribution in [2.75, 3.05) is 39.6 Å². The second-order valence-corrected chi connectivity index (χ2v) is 33.7. The Hall–Kier alpha value is -1.94. The van der Waals surface area contributed by atoms with Crippen LogP contribution in [0.5, 0.6) is 0 Å². The van der Waals surface area contributed by atoms with E-state index in [0.29, 0.717) is 25.7 Å². The van der Waals surface area contributed by atoms with Gasteiger partial charge in [-0.2, -0.15) is 0 Å². The SMILES string of the molecule is CCCCCCCC(=O)OC[C@H](COP(=O)(O)OC[C@H](O)COP(=O)(O)OC[C@@H](COC(=O)CCCCCCCCCCCCCCCCC(C)CC)OC(=O)CCCCCCCCCCCCCCCCCCCCC(C)CC)OC(=O)CCCCCCCCCCCCCCCCC(C)C. The normalized spacial score (nSPS) is 14.5. The van der Waals surface area contributed by atoms with Gasteiger partial charge in [0.2, 0.25) is 0 Å². The number of carbonyl (C=O) groups is 4. The summed E-state index contributed by atoms with van der Waals surface area (Å²) in [7, 11) is -9.91. The Balaban J connectivity index is 5.12. The molecule has 0 saturated carbocycles. The summed E-state index contributed by atoms with van der Waals surface area (Å²) in [4.78, 5) is 72.8. The van der Waals surface area contributed by atoms with Crippen molar-refractivity contribution in [3.63, 3.8) is 0 Å². The highest BCUT2D eigenvalue weighted by atomic mass is 31.2. The van der Waals surface area contributed by atoms with Crippen LogP contribution in [0.2, 0.25) is 0 Å². The summed E-state index contributed by atoms with van der Waals surface area (Å²) >= 11 is 0. The van der Waals surface area contributed by atoms with Crippen LogP contribution in [0.25, 0.3) is 0 Å². The van der Waals surface area contributed by atoms with Crippen LogP contribution in [0.3, 0.4) is 0 Å². The highest BCUT2D eigenvalue weighted by Gasteiger charge is 2.30. The summed E-state index contributed by atoms with van der Waals surface area (Å²) in [5, 5.41) is 10.6. The fraction of sp³-hybridized carbons (Fsp3) is 0.952. The molecule has 0 aliphatic heterocycles. The molecule has 102 heavy (non-hydrogen) atoms. The minimum Gasteiger partial charge on any atom is -0.462 e. The highest BCUT2D eigenvalue weighted by Crippen LogP contribution is 2.45. The zero-order chi connectivity index (χ0) is 75.1. The number of aliphatic hydroxyl groups is 1. The lowest BCUT2D eigenvalue weighted by atomic mass is 9.99. The molecule has 4 unspecified atom stereocenters. The number of ether oxygens (including phenoxy) is 4. The number of unbranched alkanes of at least 4 members (excludes halogenated alkanes) is 47. The van der Waals surface area contributed by atoms with Crippen LogP contribution in [0.1, 0.15) is 434 Å². The molecule has 3 N–H and O–H groups in total. The predicted molar refractivity (Wildman–Crippen MR) is 418 cm³/mol. The van der Waals surface area contributed by atoms with Gasteiger partial charge in [-0.3, -0.25) is 37.3 Å². The molecule has 0 spiro atoms. The van der Waals surface area contributed by atoms with E-state index in [9.17, 15) is 43.2 Å². The van der Waals surface area contributed by atoms with Crippen molar-refractivity contribution in [1.82, 2.24) is 0 Å². The number of phosphoric ester groups is 2. The first-order valence-corrected chi connectivity index (χ1v) is 45.9. The maximum absolute atomic E-state index is 13.1. The van der Waals surface area contributed by atoms with Crippen LogP contribution < -0.4 is 0 Å². The summed E-state index contributed by atoms with van der Waals surface area (Å²) in [6, 6.07) is 0. The van der Waals surface area contributed by atoms with Gasteiger partial charge < -0.3 is 33.8 Å². The summed E-state index contributed by atoms with van der Waals surface area (Å²) in [5.41, 5.74) is 0. The largest absolute Gasteiger partial charge is 0.472 e. The van der Waals surface area contributed by atoms with Crippen molar-refractivity contribution in [2.45, 2.75) is 452 Å². The standard InChI is InChI=1S/C83H162O17P2/c1-8-11-12-47-57-64-80(85)93-70-78(99-82(87)66-59-53-46-40-34-28-21-19-23-29-35-41-48-54-61-74(4)5)72-97-101(89,90)95-68-77(84)69-96-102(91,92)98-73-79(71-94-81(86)65-58-51-44-38-32-26-22-20-25-31-37-43-50-56-63-76(7)10-3)100-83(88)67-60-52-45-39-33-27-18-16-14-13-15-17-24-30-36-42-49-55-62-75(6)9-2/h74-79,84H,8-73H2,1-7H3,(H,89,90)(H,91,92)/t75?,76?,77-,78+,79+/m0/s1. The van der Waals surface area contributed by atoms with Crippen LogP contribution in [0.15, 0.2) is 0 Å².